The minimum Gasteiger partial charge on any atom is -0.307 e. The minimum absolute atomic E-state index is 0.831. The van der Waals surface area contributed by atoms with Gasteiger partial charge in [-0.05, 0) is 51.9 Å². The van der Waals surface area contributed by atoms with Gasteiger partial charge in [-0.1, -0.05) is 127 Å². The molecule has 4 heteroatoms. The van der Waals surface area contributed by atoms with Crippen molar-refractivity contribution in [2.45, 2.75) is 0 Å². The van der Waals surface area contributed by atoms with E-state index in [1.54, 1.807) is 0 Å². The molecule has 4 heterocycles. The Bertz CT molecular complexity index is 3370. The van der Waals surface area contributed by atoms with Gasteiger partial charge < -0.3 is 4.40 Å². The summed E-state index contributed by atoms with van der Waals surface area (Å²) < 4.78 is 4.91. The normalized spacial score (nSPS) is 12.4. The van der Waals surface area contributed by atoms with E-state index in [0.29, 0.717) is 0 Å². The van der Waals surface area contributed by atoms with Crippen LogP contribution in [0.5, 0.6) is 0 Å². The van der Waals surface area contributed by atoms with E-state index in [0.717, 1.165) is 39.1 Å². The topological polar surface area (TPSA) is 35.1 Å². The highest BCUT2D eigenvalue weighted by Crippen LogP contribution is 2.47. The number of rotatable bonds is 2. The molecule has 0 aliphatic rings. The summed E-state index contributed by atoms with van der Waals surface area (Å²) in [5.74, 6) is 0.831. The molecule has 12 aromatic rings. The molecule has 0 saturated carbocycles. The molecule has 230 valence electrons. The van der Waals surface area contributed by atoms with Gasteiger partial charge in [0.1, 0.15) is 5.69 Å². The first-order valence-corrected chi connectivity index (χ1v) is 17.1. The second-order valence-electron chi connectivity index (χ2n) is 13.3. The Morgan fingerprint density at radius 3 is 1.68 bits per heavy atom. The van der Waals surface area contributed by atoms with Crippen LogP contribution < -0.4 is 0 Å². The van der Waals surface area contributed by atoms with Crippen molar-refractivity contribution in [3.8, 4) is 17.1 Å². The van der Waals surface area contributed by atoms with Crippen LogP contribution in [0, 0.1) is 0 Å². The summed E-state index contributed by atoms with van der Waals surface area (Å²) in [6, 6.07) is 56.8. The summed E-state index contributed by atoms with van der Waals surface area (Å²) in [4.78, 5) is 10.7. The van der Waals surface area contributed by atoms with Crippen LogP contribution in [-0.2, 0) is 0 Å². The van der Waals surface area contributed by atoms with E-state index in [1.807, 2.05) is 18.2 Å². The molecular weight excluding hydrogens is 609 g/mol. The maximum Gasteiger partial charge on any atom is 0.165 e. The maximum atomic E-state index is 5.39. The molecule has 8 aromatic carbocycles. The third-order valence-electron chi connectivity index (χ3n) is 10.8. The molecule has 12 rings (SSSR count). The van der Waals surface area contributed by atoms with Gasteiger partial charge in [0.25, 0.3) is 0 Å². The Morgan fingerprint density at radius 2 is 0.860 bits per heavy atom. The van der Waals surface area contributed by atoms with Crippen LogP contribution in [-0.4, -0.2) is 18.9 Å². The van der Waals surface area contributed by atoms with Gasteiger partial charge in [0.15, 0.2) is 5.82 Å². The maximum absolute atomic E-state index is 5.39. The van der Waals surface area contributed by atoms with Gasteiger partial charge in [-0.2, -0.15) is 0 Å². The molecule has 4 aromatic heterocycles. The largest absolute Gasteiger partial charge is 0.307 e. The molecule has 4 nitrogen and oxygen atoms in total. The SMILES string of the molecule is c1ccc(-c2nc3ccccc3nc2-n2c3cccc4c5cccc6c7c8ccccc8c8ccccc8c7n(c7cccc2c7c43)c56)cc1. The summed E-state index contributed by atoms with van der Waals surface area (Å²) in [7, 11) is 0. The summed E-state index contributed by atoms with van der Waals surface area (Å²) in [5, 5.41) is 12.6. The lowest BCUT2D eigenvalue weighted by molar-refractivity contribution is 1.08. The molecule has 0 N–H and O–H groups in total. The van der Waals surface area contributed by atoms with Crippen molar-refractivity contribution in [2.24, 2.45) is 0 Å². The summed E-state index contributed by atoms with van der Waals surface area (Å²) in [5.41, 5.74) is 9.57. The third-order valence-corrected chi connectivity index (χ3v) is 10.8. The molecule has 0 saturated heterocycles. The molecule has 0 aliphatic carbocycles. The first-order chi connectivity index (χ1) is 24.8. The van der Waals surface area contributed by atoms with Gasteiger partial charge in [-0.15, -0.1) is 0 Å². The Labute approximate surface area is 285 Å². The number of benzene rings is 8. The third kappa shape index (κ3) is 3.21. The summed E-state index contributed by atoms with van der Waals surface area (Å²) in [6.07, 6.45) is 0. The van der Waals surface area contributed by atoms with E-state index in [9.17, 15) is 0 Å². The average molecular weight is 635 g/mol. The van der Waals surface area contributed by atoms with E-state index in [4.69, 9.17) is 9.97 Å². The molecule has 0 unspecified atom stereocenters. The second-order valence-corrected chi connectivity index (χ2v) is 13.3. The van der Waals surface area contributed by atoms with Crippen molar-refractivity contribution in [1.82, 2.24) is 18.9 Å². The first-order valence-electron chi connectivity index (χ1n) is 17.1. The van der Waals surface area contributed by atoms with E-state index in [-0.39, 0.29) is 0 Å². The lowest BCUT2D eigenvalue weighted by Gasteiger charge is -2.14. The smallest absolute Gasteiger partial charge is 0.165 e. The zero-order valence-corrected chi connectivity index (χ0v) is 26.8. The van der Waals surface area contributed by atoms with Crippen molar-refractivity contribution < 1.29 is 0 Å². The van der Waals surface area contributed by atoms with Gasteiger partial charge in [-0.25, -0.2) is 9.97 Å². The van der Waals surface area contributed by atoms with Crippen LogP contribution in [0.15, 0.2) is 158 Å². The van der Waals surface area contributed by atoms with Crippen molar-refractivity contribution in [3.05, 3.63) is 158 Å². The highest BCUT2D eigenvalue weighted by Gasteiger charge is 2.25. The zero-order chi connectivity index (χ0) is 32.5. The lowest BCUT2D eigenvalue weighted by atomic mass is 9.96. The van der Waals surface area contributed by atoms with E-state index >= 15 is 0 Å². The molecule has 0 amide bonds. The van der Waals surface area contributed by atoms with Gasteiger partial charge >= 0.3 is 0 Å². The van der Waals surface area contributed by atoms with Gasteiger partial charge in [0.05, 0.1) is 38.6 Å². The fourth-order valence-electron chi connectivity index (χ4n) is 8.85. The summed E-state index contributed by atoms with van der Waals surface area (Å²) in [6.45, 7) is 0. The van der Waals surface area contributed by atoms with Crippen LogP contribution in [0.3, 0.4) is 0 Å². The summed E-state index contributed by atoms with van der Waals surface area (Å²) >= 11 is 0. The zero-order valence-electron chi connectivity index (χ0n) is 26.8. The fraction of sp³-hybridized carbons (Fsp3) is 0. The van der Waals surface area contributed by atoms with Crippen molar-refractivity contribution in [2.75, 3.05) is 0 Å². The minimum atomic E-state index is 0.831. The fourth-order valence-corrected chi connectivity index (χ4v) is 8.85. The monoisotopic (exact) mass is 634 g/mol. The highest BCUT2D eigenvalue weighted by atomic mass is 15.1. The number of para-hydroxylation sites is 3. The standard InChI is InChI=1S/C46H26N4/c1-2-13-27(14-3-1)43-46(48-36-23-9-8-22-35(36)47-43)49-37-24-11-19-31-33-20-10-21-34-40-30-17-6-4-15-28(30)29-16-5-7-18-32(29)45(40)50(44(33)34)39-26-12-25-38(49)42(39)41(31)37/h1-26H. The number of nitrogens with zero attached hydrogens (tertiary/aromatic N) is 4. The van der Waals surface area contributed by atoms with Crippen LogP contribution >= 0.6 is 0 Å². The number of hydrogen-bond acceptors (Lipinski definition) is 2. The van der Waals surface area contributed by atoms with Crippen LogP contribution in [0.1, 0.15) is 0 Å². The van der Waals surface area contributed by atoms with E-state index < -0.39 is 0 Å². The molecule has 0 atom stereocenters. The number of aromatic nitrogens is 4. The highest BCUT2D eigenvalue weighted by molar-refractivity contribution is 6.37. The van der Waals surface area contributed by atoms with Crippen LogP contribution in [0.25, 0.3) is 110 Å². The van der Waals surface area contributed by atoms with Crippen molar-refractivity contribution in [1.29, 1.82) is 0 Å². The number of hydrogen-bond donors (Lipinski definition) is 0. The van der Waals surface area contributed by atoms with Gasteiger partial charge in [-0.3, -0.25) is 4.57 Å². The Morgan fingerprint density at radius 1 is 0.340 bits per heavy atom. The molecular formula is C46H26N4. The average Bonchev–Trinajstić information content (AvgIpc) is 3.68. The molecule has 50 heavy (non-hydrogen) atoms. The van der Waals surface area contributed by atoms with Crippen molar-refractivity contribution >= 4 is 92.5 Å². The van der Waals surface area contributed by atoms with E-state index in [1.165, 1.54) is 70.4 Å². The van der Waals surface area contributed by atoms with E-state index in [2.05, 4.69) is 148 Å². The Hall–Kier alpha value is -6.78. The second kappa shape index (κ2) is 9.43. The molecule has 0 fully saturated rings. The predicted molar refractivity (Wildman–Crippen MR) is 209 cm³/mol. The Kier molecular flexibility index (Phi) is 4.94. The Balaban J connectivity index is 1.37. The van der Waals surface area contributed by atoms with Crippen molar-refractivity contribution in [3.63, 3.8) is 0 Å². The lowest BCUT2D eigenvalue weighted by Crippen LogP contribution is -2.03. The first kappa shape index (κ1) is 26.2. The van der Waals surface area contributed by atoms with Gasteiger partial charge in [0, 0.05) is 37.9 Å². The molecule has 0 bridgehead atoms. The molecule has 0 spiro atoms. The quantitative estimate of drug-likeness (QED) is 0.177. The predicted octanol–water partition coefficient (Wildman–Crippen LogP) is 11.9. The van der Waals surface area contributed by atoms with Crippen LogP contribution in [0.2, 0.25) is 0 Å². The molecule has 0 aliphatic heterocycles. The van der Waals surface area contributed by atoms with Crippen LogP contribution in [0.4, 0.5) is 0 Å². The van der Waals surface area contributed by atoms with Gasteiger partial charge in [0.2, 0.25) is 0 Å². The number of fused-ring (bicyclic) bond motifs is 11. The molecule has 0 radical (unpaired) electrons.